The molecule has 1 N–H and O–H groups in total. The summed E-state index contributed by atoms with van der Waals surface area (Å²) in [7, 11) is 1.26. The highest BCUT2D eigenvalue weighted by Crippen LogP contribution is 2.19. The molecule has 2 heterocycles. The number of fused-ring (bicyclic) bond motifs is 1. The molecule has 0 saturated carbocycles. The summed E-state index contributed by atoms with van der Waals surface area (Å²) in [5.41, 5.74) is 1.35. The van der Waals surface area contributed by atoms with E-state index < -0.39 is 5.97 Å². The number of carbonyl (C=O) groups excluding carboxylic acids is 2. The van der Waals surface area contributed by atoms with Crippen molar-refractivity contribution in [2.45, 2.75) is 0 Å². The second-order valence-electron chi connectivity index (χ2n) is 4.73. The standard InChI is InChI=1S/C17H13N3O3/c1-23-17(22)15-13(8-4-10-19-15)20-16(21)12-7-2-5-11-6-3-9-18-14(11)12/h2-10H,1H3,(H,20,21). The first-order valence-corrected chi connectivity index (χ1v) is 6.89. The first-order chi connectivity index (χ1) is 11.2. The van der Waals surface area contributed by atoms with Crippen LogP contribution in [0.3, 0.4) is 0 Å². The Morgan fingerprint density at radius 2 is 1.74 bits per heavy atom. The van der Waals surface area contributed by atoms with Gasteiger partial charge in [-0.25, -0.2) is 9.78 Å². The van der Waals surface area contributed by atoms with Crippen LogP contribution < -0.4 is 5.32 Å². The molecule has 6 heteroatoms. The van der Waals surface area contributed by atoms with Crippen molar-refractivity contribution >= 4 is 28.5 Å². The van der Waals surface area contributed by atoms with Gasteiger partial charge in [0.2, 0.25) is 0 Å². The number of hydrogen-bond acceptors (Lipinski definition) is 5. The Morgan fingerprint density at radius 3 is 2.57 bits per heavy atom. The van der Waals surface area contributed by atoms with Crippen molar-refractivity contribution in [3.63, 3.8) is 0 Å². The molecular formula is C17H13N3O3. The van der Waals surface area contributed by atoms with Gasteiger partial charge in [0.1, 0.15) is 0 Å². The number of amides is 1. The normalized spacial score (nSPS) is 10.3. The molecule has 2 aromatic heterocycles. The van der Waals surface area contributed by atoms with Gasteiger partial charge in [0.05, 0.1) is 23.9 Å². The molecule has 0 bridgehead atoms. The molecule has 0 atom stereocenters. The summed E-state index contributed by atoms with van der Waals surface area (Å²) < 4.78 is 4.67. The zero-order chi connectivity index (χ0) is 16.2. The molecule has 0 spiro atoms. The quantitative estimate of drug-likeness (QED) is 0.752. The fraction of sp³-hybridized carbons (Fsp3) is 0.0588. The molecule has 3 rings (SSSR count). The number of rotatable bonds is 3. The summed E-state index contributed by atoms with van der Waals surface area (Å²) in [6.07, 6.45) is 3.09. The van der Waals surface area contributed by atoms with Gasteiger partial charge in [-0.15, -0.1) is 0 Å². The number of aromatic nitrogens is 2. The maximum atomic E-state index is 12.6. The Bertz CT molecular complexity index is 888. The average molecular weight is 307 g/mol. The van der Waals surface area contributed by atoms with E-state index >= 15 is 0 Å². The molecule has 0 aliphatic heterocycles. The monoisotopic (exact) mass is 307 g/mol. The van der Waals surface area contributed by atoms with Gasteiger partial charge in [0, 0.05) is 17.8 Å². The fourth-order valence-corrected chi connectivity index (χ4v) is 2.24. The van der Waals surface area contributed by atoms with Gasteiger partial charge < -0.3 is 10.1 Å². The molecule has 0 fully saturated rings. The molecular weight excluding hydrogens is 294 g/mol. The van der Waals surface area contributed by atoms with E-state index in [9.17, 15) is 9.59 Å². The smallest absolute Gasteiger partial charge is 0.358 e. The van der Waals surface area contributed by atoms with E-state index in [0.717, 1.165) is 5.39 Å². The molecule has 114 valence electrons. The predicted molar refractivity (Wildman–Crippen MR) is 85.3 cm³/mol. The van der Waals surface area contributed by atoms with Crippen molar-refractivity contribution in [1.29, 1.82) is 0 Å². The van der Waals surface area contributed by atoms with E-state index in [2.05, 4.69) is 20.0 Å². The van der Waals surface area contributed by atoms with Crippen LogP contribution in [-0.2, 0) is 4.74 Å². The van der Waals surface area contributed by atoms with Crippen LogP contribution in [0.25, 0.3) is 10.9 Å². The van der Waals surface area contributed by atoms with Crippen LogP contribution in [0.2, 0.25) is 0 Å². The summed E-state index contributed by atoms with van der Waals surface area (Å²) in [6, 6.07) is 12.2. The first-order valence-electron chi connectivity index (χ1n) is 6.89. The number of ether oxygens (including phenoxy) is 1. The lowest BCUT2D eigenvalue weighted by atomic mass is 10.1. The number of pyridine rings is 2. The van der Waals surface area contributed by atoms with Crippen molar-refractivity contribution in [1.82, 2.24) is 9.97 Å². The lowest BCUT2D eigenvalue weighted by molar-refractivity contribution is 0.0595. The second kappa shape index (κ2) is 6.23. The van der Waals surface area contributed by atoms with E-state index in [4.69, 9.17) is 0 Å². The molecule has 1 amide bonds. The Hall–Kier alpha value is -3.28. The van der Waals surface area contributed by atoms with Gasteiger partial charge in [-0.05, 0) is 24.3 Å². The largest absolute Gasteiger partial charge is 0.464 e. The van der Waals surface area contributed by atoms with Gasteiger partial charge in [-0.3, -0.25) is 9.78 Å². The number of hydrogen-bond donors (Lipinski definition) is 1. The number of methoxy groups -OCH3 is 1. The SMILES string of the molecule is COC(=O)c1ncccc1NC(=O)c1cccc2cccnc12. The molecule has 0 aliphatic carbocycles. The molecule has 23 heavy (non-hydrogen) atoms. The highest BCUT2D eigenvalue weighted by Gasteiger charge is 2.17. The summed E-state index contributed by atoms with van der Waals surface area (Å²) in [5, 5.41) is 3.55. The fourth-order valence-electron chi connectivity index (χ4n) is 2.24. The number of carbonyl (C=O) groups is 2. The zero-order valence-corrected chi connectivity index (χ0v) is 12.3. The predicted octanol–water partition coefficient (Wildman–Crippen LogP) is 2.67. The van der Waals surface area contributed by atoms with Crippen LogP contribution in [-0.4, -0.2) is 29.0 Å². The third kappa shape index (κ3) is 2.87. The number of benzene rings is 1. The number of nitrogens with one attached hydrogen (secondary N) is 1. The lowest BCUT2D eigenvalue weighted by Crippen LogP contribution is -2.17. The summed E-state index contributed by atoms with van der Waals surface area (Å²) in [4.78, 5) is 32.5. The lowest BCUT2D eigenvalue weighted by Gasteiger charge is -2.10. The average Bonchev–Trinajstić information content (AvgIpc) is 2.61. The number of anilines is 1. The van der Waals surface area contributed by atoms with E-state index in [1.165, 1.54) is 13.3 Å². The number of para-hydroxylation sites is 1. The van der Waals surface area contributed by atoms with E-state index in [1.807, 2.05) is 12.1 Å². The molecule has 0 radical (unpaired) electrons. The van der Waals surface area contributed by atoms with Crippen molar-refractivity contribution in [3.8, 4) is 0 Å². The second-order valence-corrected chi connectivity index (χ2v) is 4.73. The van der Waals surface area contributed by atoms with Crippen molar-refractivity contribution < 1.29 is 14.3 Å². The Balaban J connectivity index is 1.98. The minimum atomic E-state index is -0.614. The maximum Gasteiger partial charge on any atom is 0.358 e. The Morgan fingerprint density at radius 1 is 1.00 bits per heavy atom. The van der Waals surface area contributed by atoms with Crippen molar-refractivity contribution in [2.24, 2.45) is 0 Å². The summed E-state index contributed by atoms with van der Waals surface area (Å²) >= 11 is 0. The van der Waals surface area contributed by atoms with E-state index in [0.29, 0.717) is 11.1 Å². The minimum Gasteiger partial charge on any atom is -0.464 e. The summed E-state index contributed by atoms with van der Waals surface area (Å²) in [5.74, 6) is -0.982. The molecule has 0 saturated heterocycles. The van der Waals surface area contributed by atoms with Crippen LogP contribution in [0, 0.1) is 0 Å². The van der Waals surface area contributed by atoms with Gasteiger partial charge >= 0.3 is 5.97 Å². The van der Waals surface area contributed by atoms with Crippen molar-refractivity contribution in [3.05, 3.63) is 66.1 Å². The summed E-state index contributed by atoms with van der Waals surface area (Å²) in [6.45, 7) is 0. The number of esters is 1. The van der Waals surface area contributed by atoms with Crippen LogP contribution in [0.1, 0.15) is 20.8 Å². The zero-order valence-electron chi connectivity index (χ0n) is 12.3. The van der Waals surface area contributed by atoms with Crippen LogP contribution in [0.15, 0.2) is 54.9 Å². The minimum absolute atomic E-state index is 0.0524. The van der Waals surface area contributed by atoms with Crippen LogP contribution in [0.5, 0.6) is 0 Å². The Labute approximate surface area is 132 Å². The maximum absolute atomic E-state index is 12.6. The topological polar surface area (TPSA) is 81.2 Å². The highest BCUT2D eigenvalue weighted by atomic mass is 16.5. The molecule has 6 nitrogen and oxygen atoms in total. The van der Waals surface area contributed by atoms with Crippen LogP contribution in [0.4, 0.5) is 5.69 Å². The van der Waals surface area contributed by atoms with E-state index in [1.54, 1.807) is 36.5 Å². The van der Waals surface area contributed by atoms with Crippen molar-refractivity contribution in [2.75, 3.05) is 12.4 Å². The highest BCUT2D eigenvalue weighted by molar-refractivity contribution is 6.13. The number of nitrogens with zero attached hydrogens (tertiary/aromatic N) is 2. The van der Waals surface area contributed by atoms with Gasteiger partial charge in [0.15, 0.2) is 5.69 Å². The molecule has 0 unspecified atom stereocenters. The molecule has 3 aromatic rings. The molecule has 1 aromatic carbocycles. The van der Waals surface area contributed by atoms with Gasteiger partial charge in [0.25, 0.3) is 5.91 Å². The third-order valence-electron chi connectivity index (χ3n) is 3.31. The Kier molecular flexibility index (Phi) is 3.97. The van der Waals surface area contributed by atoms with Crippen LogP contribution >= 0.6 is 0 Å². The van der Waals surface area contributed by atoms with Gasteiger partial charge in [-0.2, -0.15) is 0 Å². The van der Waals surface area contributed by atoms with E-state index in [-0.39, 0.29) is 17.3 Å². The van der Waals surface area contributed by atoms with Gasteiger partial charge in [-0.1, -0.05) is 18.2 Å². The third-order valence-corrected chi connectivity index (χ3v) is 3.31. The molecule has 0 aliphatic rings. The first kappa shape index (κ1) is 14.6.